The molecule has 2 aliphatic rings. The van der Waals surface area contributed by atoms with Crippen LogP contribution in [-0.4, -0.2) is 37.7 Å². The Labute approximate surface area is 84.4 Å². The lowest BCUT2D eigenvalue weighted by Crippen LogP contribution is -2.60. The van der Waals surface area contributed by atoms with Crippen LogP contribution in [-0.2, 0) is 9.53 Å². The van der Waals surface area contributed by atoms with Crippen molar-refractivity contribution in [1.29, 1.82) is 0 Å². The van der Waals surface area contributed by atoms with Gasteiger partial charge in [0.1, 0.15) is 5.54 Å². The van der Waals surface area contributed by atoms with Gasteiger partial charge in [0.05, 0.1) is 7.11 Å². The van der Waals surface area contributed by atoms with E-state index in [0.29, 0.717) is 0 Å². The van der Waals surface area contributed by atoms with Gasteiger partial charge >= 0.3 is 5.97 Å². The van der Waals surface area contributed by atoms with Gasteiger partial charge in [-0.1, -0.05) is 0 Å². The summed E-state index contributed by atoms with van der Waals surface area (Å²) >= 11 is 0. The van der Waals surface area contributed by atoms with Crippen molar-refractivity contribution in [3.05, 3.63) is 0 Å². The molecular weight excluding hydrogens is 180 g/mol. The number of hydrogen-bond donors (Lipinski definition) is 2. The summed E-state index contributed by atoms with van der Waals surface area (Å²) in [5, 5.41) is 6.72. The SMILES string of the molecule is COC(=O)C1(C2CCCN2)CCCN1. The van der Waals surface area contributed by atoms with Crippen molar-refractivity contribution in [3.8, 4) is 0 Å². The molecule has 2 atom stereocenters. The highest BCUT2D eigenvalue weighted by Crippen LogP contribution is 2.29. The third-order valence-corrected chi connectivity index (χ3v) is 3.39. The van der Waals surface area contributed by atoms with Crippen LogP contribution < -0.4 is 10.6 Å². The second kappa shape index (κ2) is 3.87. The molecule has 0 aliphatic carbocycles. The molecule has 0 radical (unpaired) electrons. The summed E-state index contributed by atoms with van der Waals surface area (Å²) in [6.07, 6.45) is 4.19. The maximum Gasteiger partial charge on any atom is 0.327 e. The molecule has 0 aromatic heterocycles. The van der Waals surface area contributed by atoms with Crippen molar-refractivity contribution in [2.45, 2.75) is 37.3 Å². The Kier molecular flexibility index (Phi) is 2.74. The van der Waals surface area contributed by atoms with Crippen LogP contribution in [0.25, 0.3) is 0 Å². The number of nitrogens with one attached hydrogen (secondary N) is 2. The van der Waals surface area contributed by atoms with Crippen molar-refractivity contribution >= 4 is 5.97 Å². The molecule has 2 aliphatic heterocycles. The third-order valence-electron chi connectivity index (χ3n) is 3.39. The van der Waals surface area contributed by atoms with Crippen LogP contribution in [0, 0.1) is 0 Å². The normalized spacial score (nSPS) is 37.4. The van der Waals surface area contributed by atoms with Crippen LogP contribution in [0.3, 0.4) is 0 Å². The van der Waals surface area contributed by atoms with Crippen molar-refractivity contribution in [2.24, 2.45) is 0 Å². The van der Waals surface area contributed by atoms with E-state index in [0.717, 1.165) is 38.8 Å². The summed E-state index contributed by atoms with van der Waals surface area (Å²) in [5.41, 5.74) is -0.439. The van der Waals surface area contributed by atoms with Gasteiger partial charge in [-0.3, -0.25) is 0 Å². The van der Waals surface area contributed by atoms with E-state index >= 15 is 0 Å². The van der Waals surface area contributed by atoms with Crippen LogP contribution in [0.2, 0.25) is 0 Å². The minimum atomic E-state index is -0.439. The topological polar surface area (TPSA) is 50.4 Å². The van der Waals surface area contributed by atoms with Gasteiger partial charge in [-0.25, -0.2) is 4.79 Å². The lowest BCUT2D eigenvalue weighted by atomic mass is 9.87. The van der Waals surface area contributed by atoms with E-state index in [4.69, 9.17) is 4.74 Å². The molecule has 80 valence electrons. The van der Waals surface area contributed by atoms with Crippen molar-refractivity contribution in [1.82, 2.24) is 10.6 Å². The lowest BCUT2D eigenvalue weighted by molar-refractivity contribution is -0.149. The fourth-order valence-corrected chi connectivity index (χ4v) is 2.67. The van der Waals surface area contributed by atoms with Crippen LogP contribution in [0.5, 0.6) is 0 Å². The van der Waals surface area contributed by atoms with Crippen LogP contribution >= 0.6 is 0 Å². The fraction of sp³-hybridized carbons (Fsp3) is 0.900. The molecule has 4 nitrogen and oxygen atoms in total. The first-order valence-electron chi connectivity index (χ1n) is 5.36. The first-order chi connectivity index (χ1) is 6.79. The van der Waals surface area contributed by atoms with Gasteiger partial charge < -0.3 is 15.4 Å². The number of carbonyl (C=O) groups is 1. The Morgan fingerprint density at radius 1 is 1.43 bits per heavy atom. The average molecular weight is 198 g/mol. The van der Waals surface area contributed by atoms with Crippen LogP contribution in [0.1, 0.15) is 25.7 Å². The zero-order chi connectivity index (χ0) is 10.0. The van der Waals surface area contributed by atoms with Gasteiger partial charge in [-0.15, -0.1) is 0 Å². The number of rotatable bonds is 2. The highest BCUT2D eigenvalue weighted by Gasteiger charge is 2.49. The predicted molar refractivity (Wildman–Crippen MR) is 53.0 cm³/mol. The quantitative estimate of drug-likeness (QED) is 0.615. The van der Waals surface area contributed by atoms with Gasteiger partial charge in [0.25, 0.3) is 0 Å². The summed E-state index contributed by atoms with van der Waals surface area (Å²) < 4.78 is 4.91. The largest absolute Gasteiger partial charge is 0.468 e. The van der Waals surface area contributed by atoms with E-state index in [9.17, 15) is 4.79 Å². The summed E-state index contributed by atoms with van der Waals surface area (Å²) in [4.78, 5) is 11.8. The van der Waals surface area contributed by atoms with E-state index in [-0.39, 0.29) is 12.0 Å². The van der Waals surface area contributed by atoms with Crippen molar-refractivity contribution in [3.63, 3.8) is 0 Å². The number of methoxy groups -OCH3 is 1. The van der Waals surface area contributed by atoms with Gasteiger partial charge in [-0.05, 0) is 38.8 Å². The van der Waals surface area contributed by atoms with Crippen molar-refractivity contribution in [2.75, 3.05) is 20.2 Å². The van der Waals surface area contributed by atoms with Gasteiger partial charge in [-0.2, -0.15) is 0 Å². The zero-order valence-electron chi connectivity index (χ0n) is 8.64. The van der Waals surface area contributed by atoms with Gasteiger partial charge in [0.15, 0.2) is 0 Å². The van der Waals surface area contributed by atoms with Gasteiger partial charge in [0.2, 0.25) is 0 Å². The smallest absolute Gasteiger partial charge is 0.327 e. The fourth-order valence-electron chi connectivity index (χ4n) is 2.67. The lowest BCUT2D eigenvalue weighted by Gasteiger charge is -2.32. The minimum absolute atomic E-state index is 0.102. The molecule has 2 saturated heterocycles. The third kappa shape index (κ3) is 1.42. The molecule has 0 saturated carbocycles. The minimum Gasteiger partial charge on any atom is -0.468 e. The van der Waals surface area contributed by atoms with E-state index in [1.54, 1.807) is 0 Å². The van der Waals surface area contributed by atoms with Crippen LogP contribution in [0.15, 0.2) is 0 Å². The monoisotopic (exact) mass is 198 g/mol. The summed E-state index contributed by atoms with van der Waals surface area (Å²) in [5.74, 6) is -0.102. The first kappa shape index (κ1) is 9.93. The molecule has 0 aromatic carbocycles. The molecule has 0 amide bonds. The first-order valence-corrected chi connectivity index (χ1v) is 5.36. The Balaban J connectivity index is 2.16. The maximum absolute atomic E-state index is 11.8. The summed E-state index contributed by atoms with van der Waals surface area (Å²) in [7, 11) is 1.47. The average Bonchev–Trinajstić information content (AvgIpc) is 2.86. The Morgan fingerprint density at radius 3 is 2.79 bits per heavy atom. The van der Waals surface area contributed by atoms with Crippen molar-refractivity contribution < 1.29 is 9.53 Å². The number of ether oxygens (including phenoxy) is 1. The molecule has 2 unspecified atom stereocenters. The Hall–Kier alpha value is -0.610. The molecule has 0 aromatic rings. The molecule has 4 heteroatoms. The maximum atomic E-state index is 11.8. The Morgan fingerprint density at radius 2 is 2.29 bits per heavy atom. The highest BCUT2D eigenvalue weighted by molar-refractivity contribution is 5.82. The summed E-state index contributed by atoms with van der Waals surface area (Å²) in [6.45, 7) is 1.94. The number of carbonyl (C=O) groups excluding carboxylic acids is 1. The molecule has 2 N–H and O–H groups in total. The highest BCUT2D eigenvalue weighted by atomic mass is 16.5. The molecule has 2 fully saturated rings. The molecule has 2 heterocycles. The molecule has 0 bridgehead atoms. The predicted octanol–water partition coefficient (Wildman–Crippen LogP) is 0.0336. The van der Waals surface area contributed by atoms with Crippen LogP contribution in [0.4, 0.5) is 0 Å². The van der Waals surface area contributed by atoms with E-state index in [1.165, 1.54) is 7.11 Å². The second-order valence-electron chi connectivity index (χ2n) is 4.14. The zero-order valence-corrected chi connectivity index (χ0v) is 8.64. The molecule has 0 spiro atoms. The second-order valence-corrected chi connectivity index (χ2v) is 4.14. The Bertz CT molecular complexity index is 218. The molecule has 14 heavy (non-hydrogen) atoms. The molecular formula is C10H18N2O2. The number of esters is 1. The van der Waals surface area contributed by atoms with Gasteiger partial charge in [0, 0.05) is 6.04 Å². The number of hydrogen-bond acceptors (Lipinski definition) is 4. The van der Waals surface area contributed by atoms with E-state index in [2.05, 4.69) is 10.6 Å². The molecule has 2 rings (SSSR count). The van der Waals surface area contributed by atoms with E-state index < -0.39 is 5.54 Å². The summed E-state index contributed by atoms with van der Waals surface area (Å²) in [6, 6.07) is 0.262. The standard InChI is InChI=1S/C10H18N2O2/c1-14-9(13)10(5-3-7-12-10)8-4-2-6-11-8/h8,11-12H,2-7H2,1H3. The van der Waals surface area contributed by atoms with E-state index in [1.807, 2.05) is 0 Å².